The van der Waals surface area contributed by atoms with Gasteiger partial charge in [-0.15, -0.1) is 0 Å². The first-order chi connectivity index (χ1) is 33.0. The number of rotatable bonds is 54. The molecule has 0 aromatic carbocycles. The highest BCUT2D eigenvalue weighted by Crippen LogP contribution is 2.43. The van der Waals surface area contributed by atoms with Gasteiger partial charge in [0, 0.05) is 6.42 Å². The van der Waals surface area contributed by atoms with E-state index in [9.17, 15) is 19.4 Å². The third-order valence-electron chi connectivity index (χ3n) is 13.3. The topological polar surface area (TPSA) is 105 Å². The van der Waals surface area contributed by atoms with Crippen LogP contribution in [0.4, 0.5) is 0 Å². The maximum Gasteiger partial charge on any atom is 0.472 e. The van der Waals surface area contributed by atoms with Crippen LogP contribution in [0.5, 0.6) is 0 Å². The van der Waals surface area contributed by atoms with Crippen molar-refractivity contribution in [3.05, 3.63) is 36.5 Å². The van der Waals surface area contributed by atoms with Gasteiger partial charge in [0.15, 0.2) is 0 Å². The maximum atomic E-state index is 13.0. The molecule has 0 rings (SSSR count). The van der Waals surface area contributed by atoms with Gasteiger partial charge < -0.3 is 19.8 Å². The lowest BCUT2D eigenvalue weighted by atomic mass is 10.0. The molecule has 3 unspecified atom stereocenters. The fourth-order valence-electron chi connectivity index (χ4n) is 8.72. The predicted molar refractivity (Wildman–Crippen MR) is 295 cm³/mol. The summed E-state index contributed by atoms with van der Waals surface area (Å²) in [7, 11) is 1.56. The van der Waals surface area contributed by atoms with E-state index >= 15 is 0 Å². The number of allylic oxidation sites excluding steroid dienone is 5. The number of amides is 1. The van der Waals surface area contributed by atoms with Gasteiger partial charge in [0.2, 0.25) is 5.91 Å². The van der Waals surface area contributed by atoms with E-state index in [0.717, 1.165) is 44.9 Å². The zero-order valence-corrected chi connectivity index (χ0v) is 46.8. The zero-order valence-electron chi connectivity index (χ0n) is 45.9. The molecule has 0 saturated heterocycles. The monoisotopic (exact) mass is 980 g/mol. The molecule has 0 heterocycles. The van der Waals surface area contributed by atoms with E-state index in [1.807, 2.05) is 27.2 Å². The number of quaternary nitrogens is 1. The molecular formula is C59H116N2O6P+. The molecule has 0 fully saturated rings. The van der Waals surface area contributed by atoms with Crippen LogP contribution in [0.2, 0.25) is 0 Å². The van der Waals surface area contributed by atoms with E-state index in [-0.39, 0.29) is 19.1 Å². The van der Waals surface area contributed by atoms with Crippen molar-refractivity contribution < 1.29 is 32.9 Å². The fourth-order valence-corrected chi connectivity index (χ4v) is 9.46. The molecule has 0 aliphatic rings. The Morgan fingerprint density at radius 3 is 1.18 bits per heavy atom. The van der Waals surface area contributed by atoms with Crippen molar-refractivity contribution in [3.63, 3.8) is 0 Å². The van der Waals surface area contributed by atoms with Crippen LogP contribution in [0.1, 0.15) is 284 Å². The Hall–Kier alpha value is -1.28. The van der Waals surface area contributed by atoms with Crippen LogP contribution >= 0.6 is 7.82 Å². The highest BCUT2D eigenvalue weighted by atomic mass is 31.2. The van der Waals surface area contributed by atoms with Crippen molar-refractivity contribution >= 4 is 13.7 Å². The number of aliphatic hydroxyl groups is 1. The first-order valence-electron chi connectivity index (χ1n) is 29.4. The number of carbonyl (C=O) groups is 1. The lowest BCUT2D eigenvalue weighted by Crippen LogP contribution is -2.45. The van der Waals surface area contributed by atoms with Gasteiger partial charge in [-0.1, -0.05) is 269 Å². The summed E-state index contributed by atoms with van der Waals surface area (Å²) in [4.78, 5) is 23.3. The van der Waals surface area contributed by atoms with E-state index in [1.165, 1.54) is 218 Å². The molecule has 9 heteroatoms. The van der Waals surface area contributed by atoms with Gasteiger partial charge in [0.25, 0.3) is 0 Å². The lowest BCUT2D eigenvalue weighted by molar-refractivity contribution is -0.870. The minimum atomic E-state index is -4.36. The number of nitrogens with one attached hydrogen (secondary N) is 1. The van der Waals surface area contributed by atoms with Gasteiger partial charge >= 0.3 is 7.82 Å². The third kappa shape index (κ3) is 52.5. The normalized spacial score (nSPS) is 14.2. The van der Waals surface area contributed by atoms with Crippen molar-refractivity contribution in [3.8, 4) is 0 Å². The fraction of sp³-hybridized carbons (Fsp3) is 0.881. The van der Waals surface area contributed by atoms with Gasteiger partial charge in [-0.3, -0.25) is 13.8 Å². The molecule has 0 radical (unpaired) electrons. The highest BCUT2D eigenvalue weighted by molar-refractivity contribution is 7.47. The van der Waals surface area contributed by atoms with Crippen LogP contribution in [0, 0.1) is 0 Å². The molecule has 0 spiro atoms. The van der Waals surface area contributed by atoms with Crippen LogP contribution in [-0.4, -0.2) is 73.4 Å². The standard InChI is InChI=1S/C59H115N2O6P/c1-6-8-10-12-14-16-18-20-22-24-26-27-28-29-30-31-32-33-34-35-37-39-41-43-45-47-49-51-53-59(63)60-57(56-67-68(64,65)66-55-54-61(3,4)5)58(62)52-50-48-46-44-42-40-38-36-25-23-21-19-17-15-13-11-9-7-2/h25,36,42,44,50,52,57-58,62H,6-24,26-35,37-41,43,45-49,51,53-56H2,1-5H3,(H-,60,63,64,65)/p+1/b36-25+,44-42+,52-50+. The lowest BCUT2D eigenvalue weighted by Gasteiger charge is -2.25. The molecule has 3 N–H and O–H groups in total. The van der Waals surface area contributed by atoms with Crippen LogP contribution in [0.25, 0.3) is 0 Å². The Morgan fingerprint density at radius 1 is 0.485 bits per heavy atom. The summed E-state index contributed by atoms with van der Waals surface area (Å²) in [5, 5.41) is 13.9. The first-order valence-corrected chi connectivity index (χ1v) is 30.9. The predicted octanol–water partition coefficient (Wildman–Crippen LogP) is 17.8. The summed E-state index contributed by atoms with van der Waals surface area (Å²) in [6.45, 7) is 4.82. The second-order valence-corrected chi connectivity index (χ2v) is 22.8. The molecular weight excluding hydrogens is 864 g/mol. The molecule has 402 valence electrons. The molecule has 0 aliphatic carbocycles. The molecule has 0 aromatic rings. The number of phosphoric acid groups is 1. The van der Waals surface area contributed by atoms with E-state index in [4.69, 9.17) is 9.05 Å². The second kappa shape index (κ2) is 50.7. The minimum Gasteiger partial charge on any atom is -0.387 e. The quantitative estimate of drug-likeness (QED) is 0.0243. The van der Waals surface area contributed by atoms with Crippen LogP contribution < -0.4 is 5.32 Å². The Balaban J connectivity index is 4.16. The van der Waals surface area contributed by atoms with Crippen molar-refractivity contribution in [2.24, 2.45) is 0 Å². The van der Waals surface area contributed by atoms with Crippen LogP contribution in [0.3, 0.4) is 0 Å². The molecule has 1 amide bonds. The summed E-state index contributed by atoms with van der Waals surface area (Å²) < 4.78 is 23.7. The van der Waals surface area contributed by atoms with Gasteiger partial charge in [-0.05, 0) is 44.9 Å². The minimum absolute atomic E-state index is 0.0551. The Labute approximate surface area is 423 Å². The summed E-state index contributed by atoms with van der Waals surface area (Å²) in [5.41, 5.74) is 0. The average Bonchev–Trinajstić information content (AvgIpc) is 3.30. The number of nitrogens with zero attached hydrogens (tertiary/aromatic N) is 1. The Kier molecular flexibility index (Phi) is 49.7. The number of likely N-dealkylation sites (N-methyl/N-ethyl adjacent to an activating group) is 1. The van der Waals surface area contributed by atoms with Gasteiger partial charge in [0.1, 0.15) is 13.2 Å². The van der Waals surface area contributed by atoms with E-state index < -0.39 is 20.0 Å². The molecule has 0 saturated carbocycles. The molecule has 3 atom stereocenters. The van der Waals surface area contributed by atoms with Crippen molar-refractivity contribution in [2.45, 2.75) is 296 Å². The Morgan fingerprint density at radius 2 is 0.809 bits per heavy atom. The third-order valence-corrected chi connectivity index (χ3v) is 14.3. The SMILES string of the molecule is CCCCCCCCCC/C=C/CC/C=C/CC/C=C/C(O)C(COP(=O)(O)OCC[N+](C)(C)C)NC(=O)CCCCCCCCCCCCCCCCCCCCCCCCCCCCCC. The number of carbonyl (C=O) groups excluding carboxylic acids is 1. The summed E-state index contributed by atoms with van der Waals surface area (Å²) >= 11 is 0. The summed E-state index contributed by atoms with van der Waals surface area (Å²) in [6.07, 6.45) is 65.5. The van der Waals surface area contributed by atoms with Crippen molar-refractivity contribution in [1.82, 2.24) is 5.32 Å². The van der Waals surface area contributed by atoms with Gasteiger partial charge in [-0.25, -0.2) is 4.57 Å². The smallest absolute Gasteiger partial charge is 0.387 e. The van der Waals surface area contributed by atoms with Crippen LogP contribution in [-0.2, 0) is 18.4 Å². The number of aliphatic hydroxyl groups excluding tert-OH is 1. The van der Waals surface area contributed by atoms with Gasteiger partial charge in [0.05, 0.1) is 39.9 Å². The zero-order chi connectivity index (χ0) is 49.9. The molecule has 0 aromatic heterocycles. The van der Waals surface area contributed by atoms with E-state index in [2.05, 4.69) is 43.5 Å². The number of hydrogen-bond donors (Lipinski definition) is 3. The molecule has 0 aliphatic heterocycles. The van der Waals surface area contributed by atoms with E-state index in [1.54, 1.807) is 6.08 Å². The number of hydrogen-bond acceptors (Lipinski definition) is 5. The average molecular weight is 981 g/mol. The molecule has 68 heavy (non-hydrogen) atoms. The van der Waals surface area contributed by atoms with Gasteiger partial charge in [-0.2, -0.15) is 0 Å². The summed E-state index contributed by atoms with van der Waals surface area (Å²) in [5.74, 6) is -0.186. The largest absolute Gasteiger partial charge is 0.472 e. The highest BCUT2D eigenvalue weighted by Gasteiger charge is 2.27. The molecule has 0 bridgehead atoms. The second-order valence-electron chi connectivity index (χ2n) is 21.4. The number of unbranched alkanes of at least 4 members (excludes halogenated alkanes) is 37. The Bertz CT molecular complexity index is 1200. The summed E-state index contributed by atoms with van der Waals surface area (Å²) in [6, 6.07) is -0.867. The first kappa shape index (κ1) is 66.7. The number of phosphoric ester groups is 1. The van der Waals surface area contributed by atoms with Crippen molar-refractivity contribution in [1.29, 1.82) is 0 Å². The maximum absolute atomic E-state index is 13.0. The van der Waals surface area contributed by atoms with Crippen molar-refractivity contribution in [2.75, 3.05) is 40.9 Å². The van der Waals surface area contributed by atoms with E-state index in [0.29, 0.717) is 17.4 Å². The van der Waals surface area contributed by atoms with Crippen LogP contribution in [0.15, 0.2) is 36.5 Å². The molecule has 8 nitrogen and oxygen atoms in total.